The minimum absolute atomic E-state index is 0.135. The van der Waals surface area contributed by atoms with Gasteiger partial charge in [0.1, 0.15) is 0 Å². The SMILES string of the molecule is CN1Cc2cc3ccccc3cc2C1=O. The van der Waals surface area contributed by atoms with E-state index in [1.165, 1.54) is 5.39 Å². The zero-order chi connectivity index (χ0) is 10.4. The van der Waals surface area contributed by atoms with Crippen LogP contribution >= 0.6 is 0 Å². The summed E-state index contributed by atoms with van der Waals surface area (Å²) in [5, 5.41) is 2.35. The first-order valence-corrected chi connectivity index (χ1v) is 5.03. The van der Waals surface area contributed by atoms with E-state index in [0.29, 0.717) is 0 Å². The van der Waals surface area contributed by atoms with Crippen molar-refractivity contribution < 1.29 is 4.79 Å². The van der Waals surface area contributed by atoms with Crippen molar-refractivity contribution >= 4 is 16.7 Å². The minimum atomic E-state index is 0.135. The van der Waals surface area contributed by atoms with Gasteiger partial charge in [-0.1, -0.05) is 24.3 Å². The molecule has 0 N–H and O–H groups in total. The Morgan fingerprint density at radius 2 is 1.80 bits per heavy atom. The second kappa shape index (κ2) is 2.83. The van der Waals surface area contributed by atoms with Crippen LogP contribution in [0.4, 0.5) is 0 Å². The summed E-state index contributed by atoms with van der Waals surface area (Å²) in [6, 6.07) is 12.3. The van der Waals surface area contributed by atoms with Crippen LogP contribution in [0.2, 0.25) is 0 Å². The summed E-state index contributed by atoms with van der Waals surface area (Å²) in [5.74, 6) is 0.135. The highest BCUT2D eigenvalue weighted by molar-refractivity contribution is 6.02. The number of benzene rings is 2. The van der Waals surface area contributed by atoms with Gasteiger partial charge < -0.3 is 4.90 Å². The van der Waals surface area contributed by atoms with Gasteiger partial charge in [-0.15, -0.1) is 0 Å². The molecule has 0 saturated carbocycles. The van der Waals surface area contributed by atoms with Crippen molar-refractivity contribution in [3.63, 3.8) is 0 Å². The zero-order valence-electron chi connectivity index (χ0n) is 8.53. The Morgan fingerprint density at radius 3 is 2.53 bits per heavy atom. The van der Waals surface area contributed by atoms with Gasteiger partial charge in [-0.2, -0.15) is 0 Å². The van der Waals surface area contributed by atoms with Crippen LogP contribution in [-0.2, 0) is 6.54 Å². The summed E-state index contributed by atoms with van der Waals surface area (Å²) in [5.41, 5.74) is 2.00. The summed E-state index contributed by atoms with van der Waals surface area (Å²) in [6.45, 7) is 0.735. The molecule has 0 saturated heterocycles. The van der Waals surface area contributed by atoms with Crippen LogP contribution in [0.1, 0.15) is 15.9 Å². The van der Waals surface area contributed by atoms with Gasteiger partial charge in [0.25, 0.3) is 5.91 Å². The molecule has 1 aliphatic rings. The van der Waals surface area contributed by atoms with Crippen molar-refractivity contribution in [2.75, 3.05) is 7.05 Å². The van der Waals surface area contributed by atoms with E-state index >= 15 is 0 Å². The molecule has 74 valence electrons. The highest BCUT2D eigenvalue weighted by atomic mass is 16.2. The lowest BCUT2D eigenvalue weighted by atomic mass is 10.0. The Morgan fingerprint density at radius 1 is 1.13 bits per heavy atom. The van der Waals surface area contributed by atoms with Crippen LogP contribution < -0.4 is 0 Å². The Bertz CT molecular complexity index is 559. The minimum Gasteiger partial charge on any atom is -0.337 e. The van der Waals surface area contributed by atoms with Gasteiger partial charge in [-0.05, 0) is 28.5 Å². The molecule has 2 nitrogen and oxygen atoms in total. The fourth-order valence-electron chi connectivity index (χ4n) is 2.15. The average molecular weight is 197 g/mol. The Kier molecular flexibility index (Phi) is 1.60. The van der Waals surface area contributed by atoms with E-state index in [4.69, 9.17) is 0 Å². The number of carbonyl (C=O) groups is 1. The molecule has 0 fully saturated rings. The van der Waals surface area contributed by atoms with Crippen molar-refractivity contribution in [2.45, 2.75) is 6.54 Å². The average Bonchev–Trinajstić information content (AvgIpc) is 2.52. The molecule has 3 rings (SSSR count). The Balaban J connectivity index is 2.32. The van der Waals surface area contributed by atoms with E-state index in [-0.39, 0.29) is 5.91 Å². The van der Waals surface area contributed by atoms with Gasteiger partial charge >= 0.3 is 0 Å². The van der Waals surface area contributed by atoms with E-state index in [1.807, 2.05) is 31.3 Å². The Hall–Kier alpha value is -1.83. The van der Waals surface area contributed by atoms with Crippen molar-refractivity contribution in [1.82, 2.24) is 4.90 Å². The lowest BCUT2D eigenvalue weighted by Crippen LogP contribution is -2.17. The van der Waals surface area contributed by atoms with Gasteiger partial charge in [0.15, 0.2) is 0 Å². The maximum absolute atomic E-state index is 11.8. The smallest absolute Gasteiger partial charge is 0.254 e. The van der Waals surface area contributed by atoms with E-state index < -0.39 is 0 Å². The quantitative estimate of drug-likeness (QED) is 0.635. The summed E-state index contributed by atoms with van der Waals surface area (Å²) in [4.78, 5) is 13.5. The van der Waals surface area contributed by atoms with Crippen LogP contribution in [-0.4, -0.2) is 17.9 Å². The molecule has 2 aromatic carbocycles. The van der Waals surface area contributed by atoms with Crippen LogP contribution in [0.15, 0.2) is 36.4 Å². The third kappa shape index (κ3) is 1.14. The van der Waals surface area contributed by atoms with Crippen LogP contribution in [0.25, 0.3) is 10.8 Å². The normalized spacial score (nSPS) is 14.7. The molecular formula is C13H11NO. The standard InChI is InChI=1S/C13H11NO/c1-14-8-11-6-9-4-2-3-5-10(9)7-12(11)13(14)15/h2-7H,8H2,1H3. The second-order valence-electron chi connectivity index (χ2n) is 4.02. The molecule has 0 unspecified atom stereocenters. The largest absolute Gasteiger partial charge is 0.337 e. The van der Waals surface area contributed by atoms with Gasteiger partial charge in [-0.3, -0.25) is 4.79 Å². The molecule has 15 heavy (non-hydrogen) atoms. The molecule has 0 spiro atoms. The molecule has 2 aromatic rings. The Labute approximate surface area is 88.1 Å². The molecule has 1 heterocycles. The summed E-state index contributed by atoms with van der Waals surface area (Å²) >= 11 is 0. The zero-order valence-corrected chi connectivity index (χ0v) is 8.53. The first-order chi connectivity index (χ1) is 7.25. The number of hydrogen-bond donors (Lipinski definition) is 0. The van der Waals surface area contributed by atoms with Gasteiger partial charge in [0.2, 0.25) is 0 Å². The van der Waals surface area contributed by atoms with E-state index in [9.17, 15) is 4.79 Å². The van der Waals surface area contributed by atoms with E-state index in [2.05, 4.69) is 12.1 Å². The van der Waals surface area contributed by atoms with Crippen LogP contribution in [0.3, 0.4) is 0 Å². The molecule has 1 amide bonds. The number of hydrogen-bond acceptors (Lipinski definition) is 1. The maximum Gasteiger partial charge on any atom is 0.254 e. The topological polar surface area (TPSA) is 20.3 Å². The maximum atomic E-state index is 11.8. The lowest BCUT2D eigenvalue weighted by molar-refractivity contribution is 0.0816. The van der Waals surface area contributed by atoms with Crippen LogP contribution in [0.5, 0.6) is 0 Å². The number of carbonyl (C=O) groups excluding carboxylic acids is 1. The number of fused-ring (bicyclic) bond motifs is 2. The van der Waals surface area contributed by atoms with E-state index in [0.717, 1.165) is 23.1 Å². The lowest BCUT2D eigenvalue weighted by Gasteiger charge is -2.04. The van der Waals surface area contributed by atoms with Crippen molar-refractivity contribution in [2.24, 2.45) is 0 Å². The first kappa shape index (κ1) is 8.48. The third-order valence-corrected chi connectivity index (χ3v) is 2.96. The first-order valence-electron chi connectivity index (χ1n) is 5.03. The molecule has 0 bridgehead atoms. The van der Waals surface area contributed by atoms with Crippen molar-refractivity contribution in [3.05, 3.63) is 47.5 Å². The summed E-state index contributed by atoms with van der Waals surface area (Å²) in [7, 11) is 1.84. The van der Waals surface area contributed by atoms with E-state index in [1.54, 1.807) is 4.90 Å². The molecule has 0 radical (unpaired) electrons. The van der Waals surface area contributed by atoms with Crippen molar-refractivity contribution in [1.29, 1.82) is 0 Å². The van der Waals surface area contributed by atoms with Gasteiger partial charge in [-0.25, -0.2) is 0 Å². The van der Waals surface area contributed by atoms with Crippen molar-refractivity contribution in [3.8, 4) is 0 Å². The van der Waals surface area contributed by atoms with Crippen LogP contribution in [0, 0.1) is 0 Å². The number of amides is 1. The summed E-state index contributed by atoms with van der Waals surface area (Å²) < 4.78 is 0. The fraction of sp³-hybridized carbons (Fsp3) is 0.154. The predicted octanol–water partition coefficient (Wildman–Crippen LogP) is 2.43. The molecule has 0 aliphatic carbocycles. The molecule has 2 heteroatoms. The monoisotopic (exact) mass is 197 g/mol. The molecule has 0 atom stereocenters. The molecule has 0 aromatic heterocycles. The predicted molar refractivity (Wildman–Crippen MR) is 59.7 cm³/mol. The van der Waals surface area contributed by atoms with Gasteiger partial charge in [0, 0.05) is 19.2 Å². The molecular weight excluding hydrogens is 186 g/mol. The second-order valence-corrected chi connectivity index (χ2v) is 4.02. The van der Waals surface area contributed by atoms with Gasteiger partial charge in [0.05, 0.1) is 0 Å². The molecule has 1 aliphatic heterocycles. The highest BCUT2D eigenvalue weighted by Crippen LogP contribution is 2.26. The number of nitrogens with zero attached hydrogens (tertiary/aromatic N) is 1. The summed E-state index contributed by atoms with van der Waals surface area (Å²) in [6.07, 6.45) is 0. The number of rotatable bonds is 0. The third-order valence-electron chi connectivity index (χ3n) is 2.96. The fourth-order valence-corrected chi connectivity index (χ4v) is 2.15. The highest BCUT2D eigenvalue weighted by Gasteiger charge is 2.24.